The highest BCUT2D eigenvalue weighted by Gasteiger charge is 2.08. The van der Waals surface area contributed by atoms with Crippen molar-refractivity contribution in [3.8, 4) is 5.75 Å². The Bertz CT molecular complexity index is 677. The number of carbonyl (C=O) groups is 1. The van der Waals surface area contributed by atoms with Crippen LogP contribution < -0.4 is 10.1 Å². The van der Waals surface area contributed by atoms with Gasteiger partial charge in [-0.15, -0.1) is 0 Å². The van der Waals surface area contributed by atoms with Crippen molar-refractivity contribution in [2.24, 2.45) is 0 Å². The summed E-state index contributed by atoms with van der Waals surface area (Å²) < 4.78 is 6.16. The van der Waals surface area contributed by atoms with Crippen molar-refractivity contribution in [1.29, 1.82) is 0 Å². The van der Waals surface area contributed by atoms with Gasteiger partial charge in [0.25, 0.3) is 0 Å². The minimum absolute atomic E-state index is 0.501. The van der Waals surface area contributed by atoms with E-state index in [1.807, 2.05) is 30.3 Å². The molecule has 5 heteroatoms. The van der Waals surface area contributed by atoms with Crippen LogP contribution in [0.4, 0.5) is 9.93 Å². The number of rotatable bonds is 2. The van der Waals surface area contributed by atoms with Gasteiger partial charge in [-0.3, -0.25) is 5.32 Å². The Morgan fingerprint density at radius 3 is 2.58 bits per heavy atom. The van der Waals surface area contributed by atoms with Crippen molar-refractivity contribution in [3.63, 3.8) is 0 Å². The summed E-state index contributed by atoms with van der Waals surface area (Å²) in [6.45, 7) is 0. The molecule has 1 aromatic heterocycles. The first-order valence-corrected chi connectivity index (χ1v) is 6.52. The molecule has 1 amide bonds. The van der Waals surface area contributed by atoms with Gasteiger partial charge in [0.15, 0.2) is 5.13 Å². The van der Waals surface area contributed by atoms with E-state index in [2.05, 4.69) is 10.3 Å². The fraction of sp³-hybridized carbons (Fsp3) is 0. The number of amides is 1. The molecule has 0 saturated heterocycles. The number of thiazole rings is 1. The Kier molecular flexibility index (Phi) is 3.12. The molecule has 0 aliphatic heterocycles. The average Bonchev–Trinajstić information content (AvgIpc) is 2.81. The summed E-state index contributed by atoms with van der Waals surface area (Å²) in [4.78, 5) is 16.0. The van der Waals surface area contributed by atoms with E-state index in [1.165, 1.54) is 11.3 Å². The zero-order valence-electron chi connectivity index (χ0n) is 9.87. The number of carbonyl (C=O) groups excluding carboxylic acids is 1. The van der Waals surface area contributed by atoms with Gasteiger partial charge >= 0.3 is 6.09 Å². The summed E-state index contributed by atoms with van der Waals surface area (Å²) in [5, 5.41) is 3.16. The minimum Gasteiger partial charge on any atom is -0.410 e. The first kappa shape index (κ1) is 11.7. The Hall–Kier alpha value is -2.40. The van der Waals surface area contributed by atoms with E-state index in [4.69, 9.17) is 4.74 Å². The predicted octanol–water partition coefficient (Wildman–Crippen LogP) is 3.91. The fourth-order valence-electron chi connectivity index (χ4n) is 1.63. The molecule has 3 aromatic rings. The monoisotopic (exact) mass is 270 g/mol. The highest BCUT2D eigenvalue weighted by Crippen LogP contribution is 2.25. The van der Waals surface area contributed by atoms with Crippen LogP contribution in [-0.4, -0.2) is 11.1 Å². The van der Waals surface area contributed by atoms with Crippen LogP contribution in [0.25, 0.3) is 10.2 Å². The van der Waals surface area contributed by atoms with Crippen molar-refractivity contribution >= 4 is 32.8 Å². The number of hydrogen-bond donors (Lipinski definition) is 1. The summed E-state index contributed by atoms with van der Waals surface area (Å²) in [6.07, 6.45) is -0.537. The highest BCUT2D eigenvalue weighted by atomic mass is 32.1. The van der Waals surface area contributed by atoms with Crippen molar-refractivity contribution in [2.75, 3.05) is 5.32 Å². The van der Waals surface area contributed by atoms with E-state index in [1.54, 1.807) is 24.3 Å². The van der Waals surface area contributed by atoms with E-state index < -0.39 is 6.09 Å². The van der Waals surface area contributed by atoms with Gasteiger partial charge in [0, 0.05) is 0 Å². The normalized spacial score (nSPS) is 10.3. The second-order valence-corrected chi connectivity index (χ2v) is 4.84. The van der Waals surface area contributed by atoms with Gasteiger partial charge in [-0.2, -0.15) is 0 Å². The van der Waals surface area contributed by atoms with Crippen LogP contribution in [-0.2, 0) is 0 Å². The van der Waals surface area contributed by atoms with Gasteiger partial charge in [-0.25, -0.2) is 9.78 Å². The van der Waals surface area contributed by atoms with Gasteiger partial charge in [0.2, 0.25) is 0 Å². The Morgan fingerprint density at radius 1 is 1.05 bits per heavy atom. The maximum Gasteiger partial charge on any atom is 0.418 e. The number of ether oxygens (including phenoxy) is 1. The number of para-hydroxylation sites is 2. The minimum atomic E-state index is -0.537. The van der Waals surface area contributed by atoms with E-state index >= 15 is 0 Å². The Labute approximate surface area is 113 Å². The summed E-state index contributed by atoms with van der Waals surface area (Å²) in [7, 11) is 0. The molecule has 19 heavy (non-hydrogen) atoms. The zero-order chi connectivity index (χ0) is 13.1. The predicted molar refractivity (Wildman–Crippen MR) is 75.7 cm³/mol. The second-order valence-electron chi connectivity index (χ2n) is 3.81. The smallest absolute Gasteiger partial charge is 0.410 e. The second kappa shape index (κ2) is 5.07. The maximum absolute atomic E-state index is 11.7. The zero-order valence-corrected chi connectivity index (χ0v) is 10.7. The standard InChI is InChI=1S/C14H10N2O2S/c17-14(18-10-6-2-1-3-7-10)16-13-15-11-8-4-5-9-12(11)19-13/h1-9H,(H,15,16,17). The number of aromatic nitrogens is 1. The van der Waals surface area contributed by atoms with E-state index in [0.29, 0.717) is 10.9 Å². The van der Waals surface area contributed by atoms with E-state index in [-0.39, 0.29) is 0 Å². The molecule has 0 radical (unpaired) electrons. The molecule has 3 rings (SSSR count). The van der Waals surface area contributed by atoms with Crippen molar-refractivity contribution in [1.82, 2.24) is 4.98 Å². The molecule has 0 saturated carbocycles. The number of nitrogens with zero attached hydrogens (tertiary/aromatic N) is 1. The average molecular weight is 270 g/mol. The van der Waals surface area contributed by atoms with Crippen LogP contribution in [0.15, 0.2) is 54.6 Å². The molecular formula is C14H10N2O2S. The highest BCUT2D eigenvalue weighted by molar-refractivity contribution is 7.22. The number of benzene rings is 2. The van der Waals surface area contributed by atoms with Crippen LogP contribution in [0.3, 0.4) is 0 Å². The third kappa shape index (κ3) is 2.71. The summed E-state index contributed by atoms with van der Waals surface area (Å²) >= 11 is 1.41. The molecule has 94 valence electrons. The quantitative estimate of drug-likeness (QED) is 0.768. The first-order valence-electron chi connectivity index (χ1n) is 5.71. The fourth-order valence-corrected chi connectivity index (χ4v) is 2.49. The third-order valence-corrected chi connectivity index (χ3v) is 3.41. The van der Waals surface area contributed by atoms with Gasteiger partial charge in [-0.05, 0) is 24.3 Å². The summed E-state index contributed by atoms with van der Waals surface area (Å²) in [6, 6.07) is 16.6. The number of hydrogen-bond acceptors (Lipinski definition) is 4. The lowest BCUT2D eigenvalue weighted by atomic mass is 10.3. The number of nitrogens with one attached hydrogen (secondary N) is 1. The summed E-state index contributed by atoms with van der Waals surface area (Å²) in [5.41, 5.74) is 0.863. The Balaban J connectivity index is 1.72. The van der Waals surface area contributed by atoms with Crippen molar-refractivity contribution in [2.45, 2.75) is 0 Å². The molecule has 1 heterocycles. The molecule has 1 N–H and O–H groups in total. The van der Waals surface area contributed by atoms with Gasteiger partial charge < -0.3 is 4.74 Å². The van der Waals surface area contributed by atoms with E-state index in [9.17, 15) is 4.79 Å². The molecule has 0 bridgehead atoms. The Morgan fingerprint density at radius 2 is 1.79 bits per heavy atom. The van der Waals surface area contributed by atoms with Crippen LogP contribution in [0.1, 0.15) is 0 Å². The topological polar surface area (TPSA) is 51.2 Å². The van der Waals surface area contributed by atoms with Crippen LogP contribution in [0, 0.1) is 0 Å². The summed E-state index contributed by atoms with van der Waals surface area (Å²) in [5.74, 6) is 0.501. The molecule has 4 nitrogen and oxygen atoms in total. The number of fused-ring (bicyclic) bond motifs is 1. The molecule has 0 atom stereocenters. The first-order chi connectivity index (χ1) is 9.31. The van der Waals surface area contributed by atoms with Crippen LogP contribution >= 0.6 is 11.3 Å². The molecule has 0 aliphatic rings. The third-order valence-electron chi connectivity index (χ3n) is 2.46. The van der Waals surface area contributed by atoms with Gasteiger partial charge in [0.1, 0.15) is 5.75 Å². The van der Waals surface area contributed by atoms with Crippen molar-refractivity contribution < 1.29 is 9.53 Å². The molecule has 0 fully saturated rings. The SMILES string of the molecule is O=C(Nc1nc2ccccc2s1)Oc1ccccc1. The van der Waals surface area contributed by atoms with E-state index in [0.717, 1.165) is 10.2 Å². The molecule has 2 aromatic carbocycles. The lowest BCUT2D eigenvalue weighted by Gasteiger charge is -2.03. The van der Waals surface area contributed by atoms with Crippen LogP contribution in [0.5, 0.6) is 5.75 Å². The van der Waals surface area contributed by atoms with Crippen molar-refractivity contribution in [3.05, 3.63) is 54.6 Å². The lowest BCUT2D eigenvalue weighted by molar-refractivity contribution is 0.215. The molecule has 0 unspecified atom stereocenters. The van der Waals surface area contributed by atoms with Gasteiger partial charge in [0.05, 0.1) is 10.2 Å². The molecular weight excluding hydrogens is 260 g/mol. The molecule has 0 aliphatic carbocycles. The largest absolute Gasteiger partial charge is 0.418 e. The molecule has 0 spiro atoms. The van der Waals surface area contributed by atoms with Crippen LogP contribution in [0.2, 0.25) is 0 Å². The van der Waals surface area contributed by atoms with Gasteiger partial charge in [-0.1, -0.05) is 41.7 Å². The number of anilines is 1. The lowest BCUT2D eigenvalue weighted by Crippen LogP contribution is -2.16. The maximum atomic E-state index is 11.7.